The summed E-state index contributed by atoms with van der Waals surface area (Å²) in [4.78, 5) is 20.8. The Labute approximate surface area is 178 Å². The molecular weight excluding hydrogens is 436 g/mol. The zero-order chi connectivity index (χ0) is 22.3. The topological polar surface area (TPSA) is 59.3 Å². The van der Waals surface area contributed by atoms with Crippen LogP contribution in [0.25, 0.3) is 17.0 Å². The number of carbonyl (C=O) groups excluding carboxylic acids is 1. The number of aryl methyl sites for hydroxylation is 1. The Balaban J connectivity index is 1.69. The molecular formula is C21H13ClF4N4O. The van der Waals surface area contributed by atoms with Crippen molar-refractivity contribution in [3.63, 3.8) is 0 Å². The number of halogens is 5. The Bertz CT molecular complexity index is 1320. The fourth-order valence-corrected chi connectivity index (χ4v) is 3.23. The largest absolute Gasteiger partial charge is 0.417 e. The number of anilines is 1. The van der Waals surface area contributed by atoms with Gasteiger partial charge in [-0.25, -0.2) is 14.4 Å². The summed E-state index contributed by atoms with van der Waals surface area (Å²) in [7, 11) is 0. The van der Waals surface area contributed by atoms with E-state index in [0.29, 0.717) is 28.6 Å². The molecule has 2 heterocycles. The summed E-state index contributed by atoms with van der Waals surface area (Å²) in [6.07, 6.45) is -0.928. The van der Waals surface area contributed by atoms with Gasteiger partial charge in [0.2, 0.25) is 5.78 Å². The summed E-state index contributed by atoms with van der Waals surface area (Å²) in [6, 6.07) is 7.96. The van der Waals surface area contributed by atoms with Crippen LogP contribution in [0.15, 0.2) is 55.0 Å². The highest BCUT2D eigenvalue weighted by atomic mass is 35.5. The fraction of sp³-hybridized carbons (Fsp3) is 0.0952. The molecule has 0 saturated heterocycles. The Morgan fingerprint density at radius 3 is 2.65 bits per heavy atom. The number of hydrogen-bond donors (Lipinski definition) is 1. The minimum Gasteiger partial charge on any atom is -0.322 e. The number of amides is 1. The van der Waals surface area contributed by atoms with Crippen LogP contribution in [-0.4, -0.2) is 20.3 Å². The molecule has 4 aromatic rings. The quantitative estimate of drug-likeness (QED) is 0.405. The van der Waals surface area contributed by atoms with Gasteiger partial charge in [0.05, 0.1) is 23.0 Å². The third-order valence-electron chi connectivity index (χ3n) is 4.59. The molecule has 10 heteroatoms. The molecule has 5 nitrogen and oxygen atoms in total. The average molecular weight is 449 g/mol. The van der Waals surface area contributed by atoms with Gasteiger partial charge in [0.15, 0.2) is 5.82 Å². The molecule has 0 bridgehead atoms. The maximum Gasteiger partial charge on any atom is 0.417 e. The molecule has 2 aromatic heterocycles. The molecule has 0 radical (unpaired) electrons. The van der Waals surface area contributed by atoms with Crippen LogP contribution in [0.1, 0.15) is 21.5 Å². The van der Waals surface area contributed by atoms with Gasteiger partial charge in [-0.2, -0.15) is 13.2 Å². The van der Waals surface area contributed by atoms with Crippen molar-refractivity contribution in [1.82, 2.24) is 14.4 Å². The lowest BCUT2D eigenvalue weighted by Crippen LogP contribution is -2.19. The SMILES string of the molecule is Cc1ccc(-c2cn3cc(F)cnc3n2)cc1NC(=O)c1ccc(Cl)cc1C(F)(F)F. The first-order chi connectivity index (χ1) is 14.6. The summed E-state index contributed by atoms with van der Waals surface area (Å²) in [6.45, 7) is 1.70. The van der Waals surface area contributed by atoms with Crippen molar-refractivity contribution in [2.45, 2.75) is 13.1 Å². The predicted octanol–water partition coefficient (Wildman–Crippen LogP) is 5.77. The first-order valence-corrected chi connectivity index (χ1v) is 9.29. The third kappa shape index (κ3) is 4.22. The summed E-state index contributed by atoms with van der Waals surface area (Å²) in [5.41, 5.74) is 0.290. The zero-order valence-electron chi connectivity index (χ0n) is 15.8. The zero-order valence-corrected chi connectivity index (χ0v) is 16.6. The second-order valence-corrected chi connectivity index (χ2v) is 7.21. The monoisotopic (exact) mass is 448 g/mol. The Morgan fingerprint density at radius 2 is 1.90 bits per heavy atom. The normalized spacial score (nSPS) is 11.7. The van der Waals surface area contributed by atoms with E-state index in [1.165, 1.54) is 16.7 Å². The predicted molar refractivity (Wildman–Crippen MR) is 108 cm³/mol. The number of alkyl halides is 3. The highest BCUT2D eigenvalue weighted by molar-refractivity contribution is 6.30. The van der Waals surface area contributed by atoms with E-state index in [2.05, 4.69) is 15.3 Å². The molecule has 0 fully saturated rings. The number of nitrogens with zero attached hydrogens (tertiary/aromatic N) is 3. The number of benzene rings is 2. The van der Waals surface area contributed by atoms with Crippen LogP contribution >= 0.6 is 11.6 Å². The molecule has 31 heavy (non-hydrogen) atoms. The molecule has 0 aliphatic carbocycles. The van der Waals surface area contributed by atoms with Gasteiger partial charge >= 0.3 is 6.18 Å². The summed E-state index contributed by atoms with van der Waals surface area (Å²) in [5, 5.41) is 2.39. The minimum absolute atomic E-state index is 0.126. The standard InChI is InChI=1S/C21H13ClF4N4O/c1-11-2-3-12(18-10-30-9-14(23)8-27-20(30)29-18)6-17(11)28-19(31)15-5-4-13(22)7-16(15)21(24,25)26/h2-10H,1H3,(H,28,31). The van der Waals surface area contributed by atoms with Crippen LogP contribution in [0, 0.1) is 12.7 Å². The van der Waals surface area contributed by atoms with Crippen LogP contribution in [0.2, 0.25) is 5.02 Å². The van der Waals surface area contributed by atoms with E-state index in [9.17, 15) is 22.4 Å². The minimum atomic E-state index is -4.74. The average Bonchev–Trinajstić information content (AvgIpc) is 3.12. The molecule has 1 N–H and O–H groups in total. The Hall–Kier alpha value is -3.46. The maximum atomic E-state index is 13.4. The summed E-state index contributed by atoms with van der Waals surface area (Å²) < 4.78 is 54.8. The molecule has 0 unspecified atom stereocenters. The summed E-state index contributed by atoms with van der Waals surface area (Å²) in [5.74, 6) is -1.18. The van der Waals surface area contributed by atoms with E-state index in [1.54, 1.807) is 31.3 Å². The molecule has 0 atom stereocenters. The van der Waals surface area contributed by atoms with Crippen LogP contribution < -0.4 is 5.32 Å². The van der Waals surface area contributed by atoms with Gasteiger partial charge in [0.1, 0.15) is 0 Å². The molecule has 0 saturated carbocycles. The van der Waals surface area contributed by atoms with Crippen LogP contribution in [0.3, 0.4) is 0 Å². The van der Waals surface area contributed by atoms with Gasteiger partial charge in [-0.1, -0.05) is 23.7 Å². The van der Waals surface area contributed by atoms with E-state index in [1.807, 2.05) is 0 Å². The van der Waals surface area contributed by atoms with Gasteiger partial charge in [0, 0.05) is 28.7 Å². The Kier molecular flexibility index (Phi) is 5.14. The van der Waals surface area contributed by atoms with E-state index >= 15 is 0 Å². The molecule has 1 amide bonds. The fourth-order valence-electron chi connectivity index (χ4n) is 3.05. The number of carbonyl (C=O) groups is 1. The van der Waals surface area contributed by atoms with Crippen molar-refractivity contribution >= 4 is 29.0 Å². The van der Waals surface area contributed by atoms with Crippen LogP contribution in [0.4, 0.5) is 23.2 Å². The first kappa shape index (κ1) is 20.8. The van der Waals surface area contributed by atoms with Gasteiger partial charge < -0.3 is 5.32 Å². The lowest BCUT2D eigenvalue weighted by atomic mass is 10.0. The van der Waals surface area contributed by atoms with E-state index < -0.39 is 29.0 Å². The summed E-state index contributed by atoms with van der Waals surface area (Å²) >= 11 is 5.68. The van der Waals surface area contributed by atoms with Crippen LogP contribution in [-0.2, 0) is 6.18 Å². The van der Waals surface area contributed by atoms with Crippen molar-refractivity contribution < 1.29 is 22.4 Å². The number of fused-ring (bicyclic) bond motifs is 1. The molecule has 2 aromatic carbocycles. The van der Waals surface area contributed by atoms with Crippen molar-refractivity contribution in [3.8, 4) is 11.3 Å². The third-order valence-corrected chi connectivity index (χ3v) is 4.83. The Morgan fingerprint density at radius 1 is 1.13 bits per heavy atom. The molecule has 0 aliphatic rings. The van der Waals surface area contributed by atoms with Crippen LogP contribution in [0.5, 0.6) is 0 Å². The second-order valence-electron chi connectivity index (χ2n) is 6.78. The molecule has 0 aliphatic heterocycles. The molecule has 158 valence electrons. The van der Waals surface area contributed by atoms with Gasteiger partial charge in [-0.3, -0.25) is 9.20 Å². The van der Waals surface area contributed by atoms with E-state index in [0.717, 1.165) is 12.3 Å². The van der Waals surface area contributed by atoms with Gasteiger partial charge in [0.25, 0.3) is 5.91 Å². The van der Waals surface area contributed by atoms with Crippen molar-refractivity contribution in [2.75, 3.05) is 5.32 Å². The van der Waals surface area contributed by atoms with Crippen molar-refractivity contribution in [2.24, 2.45) is 0 Å². The number of imidazole rings is 1. The first-order valence-electron chi connectivity index (χ1n) is 8.91. The van der Waals surface area contributed by atoms with Gasteiger partial charge in [-0.05, 0) is 36.8 Å². The number of rotatable bonds is 3. The lowest BCUT2D eigenvalue weighted by molar-refractivity contribution is -0.137. The highest BCUT2D eigenvalue weighted by Crippen LogP contribution is 2.34. The number of hydrogen-bond acceptors (Lipinski definition) is 3. The van der Waals surface area contributed by atoms with E-state index in [-0.39, 0.29) is 10.8 Å². The second kappa shape index (κ2) is 7.66. The van der Waals surface area contributed by atoms with Crippen molar-refractivity contribution in [1.29, 1.82) is 0 Å². The number of aromatic nitrogens is 3. The highest BCUT2D eigenvalue weighted by Gasteiger charge is 2.35. The molecule has 0 spiro atoms. The maximum absolute atomic E-state index is 13.4. The number of nitrogens with one attached hydrogen (secondary N) is 1. The van der Waals surface area contributed by atoms with Gasteiger partial charge in [-0.15, -0.1) is 0 Å². The lowest BCUT2D eigenvalue weighted by Gasteiger charge is -2.15. The smallest absolute Gasteiger partial charge is 0.322 e. The molecule has 4 rings (SSSR count). The van der Waals surface area contributed by atoms with E-state index in [4.69, 9.17) is 11.6 Å². The van der Waals surface area contributed by atoms with Crippen molar-refractivity contribution in [3.05, 3.63) is 82.5 Å².